The average Bonchev–Trinajstić information content (AvgIpc) is 3.18. The molecule has 1 amide bonds. The van der Waals surface area contributed by atoms with Gasteiger partial charge in [-0.1, -0.05) is 49.3 Å². The van der Waals surface area contributed by atoms with Gasteiger partial charge in [0.25, 0.3) is 0 Å². The number of halogens is 2. The van der Waals surface area contributed by atoms with Crippen LogP contribution in [-0.2, 0) is 11.4 Å². The molecule has 0 saturated heterocycles. The van der Waals surface area contributed by atoms with Crippen molar-refractivity contribution in [2.75, 3.05) is 5.75 Å². The molecule has 0 saturated carbocycles. The van der Waals surface area contributed by atoms with Gasteiger partial charge in [-0.25, -0.2) is 9.37 Å². The number of nitrogens with one attached hydrogen (secondary N) is 2. The van der Waals surface area contributed by atoms with Crippen molar-refractivity contribution in [1.29, 1.82) is 0 Å². The lowest BCUT2D eigenvalue weighted by Gasteiger charge is -2.22. The zero-order valence-corrected chi connectivity index (χ0v) is 18.1. The van der Waals surface area contributed by atoms with E-state index >= 15 is 0 Å². The normalized spacial score (nSPS) is 12.0. The molecule has 0 aliphatic carbocycles. The van der Waals surface area contributed by atoms with Gasteiger partial charge >= 0.3 is 0 Å². The van der Waals surface area contributed by atoms with Gasteiger partial charge in [0, 0.05) is 5.02 Å². The fraction of sp³-hybridized carbons (Fsp3) is 0.286. The van der Waals surface area contributed by atoms with E-state index < -0.39 is 0 Å². The summed E-state index contributed by atoms with van der Waals surface area (Å²) >= 11 is 7.07. The quantitative estimate of drug-likeness (QED) is 0.460. The lowest BCUT2D eigenvalue weighted by Crippen LogP contribution is -2.33. The standard InChI is InChI=1S/C21H22ClFN4O2S/c1-13(2)20(14-3-7-16(23)8-4-14)25-19(28)12-30-21-24-18(26-27-21)11-29-17-9-5-15(22)6-10-17/h3-10,13,20H,11-12H2,1-2H3,(H,25,28)(H,24,26,27). The van der Waals surface area contributed by atoms with Crippen LogP contribution in [0.1, 0.15) is 31.3 Å². The minimum Gasteiger partial charge on any atom is -0.486 e. The van der Waals surface area contributed by atoms with Crippen molar-refractivity contribution in [3.05, 3.63) is 70.8 Å². The molecule has 0 spiro atoms. The monoisotopic (exact) mass is 448 g/mol. The molecule has 0 aliphatic rings. The van der Waals surface area contributed by atoms with Crippen LogP contribution >= 0.6 is 23.4 Å². The van der Waals surface area contributed by atoms with Crippen molar-refractivity contribution in [2.45, 2.75) is 31.7 Å². The highest BCUT2D eigenvalue weighted by Crippen LogP contribution is 2.23. The van der Waals surface area contributed by atoms with E-state index in [1.54, 1.807) is 36.4 Å². The second kappa shape index (κ2) is 10.4. The molecule has 6 nitrogen and oxygen atoms in total. The van der Waals surface area contributed by atoms with Gasteiger partial charge < -0.3 is 10.1 Å². The summed E-state index contributed by atoms with van der Waals surface area (Å²) in [6.07, 6.45) is 0. The lowest BCUT2D eigenvalue weighted by atomic mass is 9.96. The highest BCUT2D eigenvalue weighted by molar-refractivity contribution is 7.99. The molecule has 0 fully saturated rings. The highest BCUT2D eigenvalue weighted by atomic mass is 35.5. The second-order valence-electron chi connectivity index (χ2n) is 6.94. The van der Waals surface area contributed by atoms with Crippen LogP contribution in [0.5, 0.6) is 5.75 Å². The summed E-state index contributed by atoms with van der Waals surface area (Å²) in [6, 6.07) is 13.0. The molecule has 0 aliphatic heterocycles. The van der Waals surface area contributed by atoms with Crippen LogP contribution < -0.4 is 10.1 Å². The lowest BCUT2D eigenvalue weighted by molar-refractivity contribution is -0.119. The highest BCUT2D eigenvalue weighted by Gasteiger charge is 2.19. The van der Waals surface area contributed by atoms with E-state index in [1.165, 1.54) is 23.9 Å². The van der Waals surface area contributed by atoms with Crippen LogP contribution in [-0.4, -0.2) is 26.8 Å². The molecule has 1 aromatic heterocycles. The number of hydrogen-bond acceptors (Lipinski definition) is 5. The van der Waals surface area contributed by atoms with Gasteiger partial charge in [0.15, 0.2) is 5.82 Å². The summed E-state index contributed by atoms with van der Waals surface area (Å²) in [5.41, 5.74) is 0.865. The summed E-state index contributed by atoms with van der Waals surface area (Å²) < 4.78 is 18.8. The number of H-pyrrole nitrogens is 1. The minimum absolute atomic E-state index is 0.146. The number of benzene rings is 2. The predicted molar refractivity (Wildman–Crippen MR) is 115 cm³/mol. The number of rotatable bonds is 9. The van der Waals surface area contributed by atoms with E-state index in [0.29, 0.717) is 21.8 Å². The summed E-state index contributed by atoms with van der Waals surface area (Å²) in [7, 11) is 0. The van der Waals surface area contributed by atoms with E-state index in [9.17, 15) is 9.18 Å². The first kappa shape index (κ1) is 22.1. The third-order valence-electron chi connectivity index (χ3n) is 4.25. The Morgan fingerprint density at radius 2 is 1.90 bits per heavy atom. The Kier molecular flexibility index (Phi) is 7.70. The first-order chi connectivity index (χ1) is 14.4. The molecule has 3 rings (SSSR count). The second-order valence-corrected chi connectivity index (χ2v) is 8.32. The van der Waals surface area contributed by atoms with Gasteiger partial charge in [-0.15, -0.1) is 5.10 Å². The number of ether oxygens (including phenoxy) is 1. The molecule has 0 radical (unpaired) electrons. The molecule has 9 heteroatoms. The van der Waals surface area contributed by atoms with Crippen LogP contribution in [0.15, 0.2) is 53.7 Å². The number of carbonyl (C=O) groups is 1. The van der Waals surface area contributed by atoms with Crippen molar-refractivity contribution < 1.29 is 13.9 Å². The zero-order chi connectivity index (χ0) is 21.5. The maximum absolute atomic E-state index is 13.2. The van der Waals surface area contributed by atoms with Crippen LogP contribution in [0, 0.1) is 11.7 Å². The van der Waals surface area contributed by atoms with Crippen molar-refractivity contribution >= 4 is 29.3 Å². The minimum atomic E-state index is -0.302. The van der Waals surface area contributed by atoms with Crippen molar-refractivity contribution in [2.24, 2.45) is 5.92 Å². The largest absolute Gasteiger partial charge is 0.486 e. The van der Waals surface area contributed by atoms with Gasteiger partial charge in [0.1, 0.15) is 18.2 Å². The maximum Gasteiger partial charge on any atom is 0.230 e. The molecule has 30 heavy (non-hydrogen) atoms. The molecular weight excluding hydrogens is 427 g/mol. The van der Waals surface area contributed by atoms with Crippen molar-refractivity contribution in [3.63, 3.8) is 0 Å². The Morgan fingerprint density at radius 1 is 1.20 bits per heavy atom. The van der Waals surface area contributed by atoms with Crippen LogP contribution in [0.2, 0.25) is 5.02 Å². The Labute approximate surface area is 183 Å². The molecule has 1 unspecified atom stereocenters. The first-order valence-corrected chi connectivity index (χ1v) is 10.7. The predicted octanol–water partition coefficient (Wildman–Crippen LogP) is 4.78. The number of thioether (sulfide) groups is 1. The van der Waals surface area contributed by atoms with Gasteiger partial charge in [0.2, 0.25) is 11.1 Å². The molecule has 2 N–H and O–H groups in total. The summed E-state index contributed by atoms with van der Waals surface area (Å²) in [5.74, 6) is 1.10. The Morgan fingerprint density at radius 3 is 2.57 bits per heavy atom. The van der Waals surface area contributed by atoms with Gasteiger partial charge in [-0.2, -0.15) is 0 Å². The molecule has 1 atom stereocenters. The van der Waals surface area contributed by atoms with E-state index in [2.05, 4.69) is 20.5 Å². The SMILES string of the molecule is CC(C)C(NC(=O)CSc1n[nH]c(COc2ccc(Cl)cc2)n1)c1ccc(F)cc1. The molecule has 158 valence electrons. The van der Waals surface area contributed by atoms with E-state index in [-0.39, 0.29) is 36.0 Å². The molecule has 0 bridgehead atoms. The van der Waals surface area contributed by atoms with Gasteiger partial charge in [0.05, 0.1) is 11.8 Å². The Balaban J connectivity index is 1.49. The third kappa shape index (κ3) is 6.47. The van der Waals surface area contributed by atoms with E-state index in [4.69, 9.17) is 16.3 Å². The summed E-state index contributed by atoms with van der Waals surface area (Å²) in [4.78, 5) is 16.7. The van der Waals surface area contributed by atoms with E-state index in [1.807, 2.05) is 13.8 Å². The zero-order valence-electron chi connectivity index (χ0n) is 16.6. The fourth-order valence-corrected chi connectivity index (χ4v) is 3.49. The number of carbonyl (C=O) groups excluding carboxylic acids is 1. The number of aromatic nitrogens is 3. The molecule has 2 aromatic carbocycles. The fourth-order valence-electron chi connectivity index (χ4n) is 2.74. The van der Waals surface area contributed by atoms with Crippen LogP contribution in [0.4, 0.5) is 4.39 Å². The topological polar surface area (TPSA) is 79.9 Å². The number of amides is 1. The summed E-state index contributed by atoms with van der Waals surface area (Å²) in [5, 5.41) is 11.0. The maximum atomic E-state index is 13.2. The average molecular weight is 449 g/mol. The van der Waals surface area contributed by atoms with Crippen molar-refractivity contribution in [1.82, 2.24) is 20.5 Å². The number of nitrogens with zero attached hydrogens (tertiary/aromatic N) is 2. The number of aromatic amines is 1. The van der Waals surface area contributed by atoms with Gasteiger partial charge in [-0.3, -0.25) is 9.89 Å². The Bertz CT molecular complexity index is 964. The Hall–Kier alpha value is -2.58. The van der Waals surface area contributed by atoms with Gasteiger partial charge in [-0.05, 0) is 47.9 Å². The van der Waals surface area contributed by atoms with Crippen LogP contribution in [0.25, 0.3) is 0 Å². The molecule has 3 aromatic rings. The van der Waals surface area contributed by atoms with Crippen LogP contribution in [0.3, 0.4) is 0 Å². The van der Waals surface area contributed by atoms with Crippen molar-refractivity contribution in [3.8, 4) is 5.75 Å². The first-order valence-electron chi connectivity index (χ1n) is 9.38. The molecule has 1 heterocycles. The summed E-state index contributed by atoms with van der Waals surface area (Å²) in [6.45, 7) is 4.23. The number of hydrogen-bond donors (Lipinski definition) is 2. The molecular formula is C21H22ClFN4O2S. The smallest absolute Gasteiger partial charge is 0.230 e. The third-order valence-corrected chi connectivity index (χ3v) is 5.34. The van der Waals surface area contributed by atoms with E-state index in [0.717, 1.165) is 5.56 Å².